The van der Waals surface area contributed by atoms with Crippen LogP contribution in [0.1, 0.15) is 5.69 Å². The van der Waals surface area contributed by atoms with E-state index in [0.29, 0.717) is 18.9 Å². The van der Waals surface area contributed by atoms with Crippen LogP contribution in [0.3, 0.4) is 0 Å². The summed E-state index contributed by atoms with van der Waals surface area (Å²) in [6, 6.07) is 11.5. The Morgan fingerprint density at radius 1 is 1.13 bits per heavy atom. The molecule has 1 aromatic carbocycles. The number of rotatable bonds is 6. The number of anilines is 1. The van der Waals surface area contributed by atoms with Crippen LogP contribution < -0.4 is 10.6 Å². The highest BCUT2D eigenvalue weighted by molar-refractivity contribution is 5.80. The van der Waals surface area contributed by atoms with Gasteiger partial charge in [0.2, 0.25) is 5.91 Å². The molecule has 7 nitrogen and oxygen atoms in total. The Hall–Kier alpha value is -2.96. The number of nitrogens with zero attached hydrogens (tertiary/aromatic N) is 4. The molecular weight excluding hydrogens is 292 g/mol. The van der Waals surface area contributed by atoms with E-state index in [1.807, 2.05) is 47.9 Å². The first-order valence-corrected chi connectivity index (χ1v) is 7.43. The average molecular weight is 310 g/mol. The van der Waals surface area contributed by atoms with E-state index in [2.05, 4.69) is 25.8 Å². The third-order valence-corrected chi connectivity index (χ3v) is 3.39. The van der Waals surface area contributed by atoms with Crippen molar-refractivity contribution in [2.24, 2.45) is 0 Å². The number of carbonyl (C=O) groups is 1. The smallest absolute Gasteiger partial charge is 0.240 e. The second-order valence-electron chi connectivity index (χ2n) is 5.20. The van der Waals surface area contributed by atoms with Crippen LogP contribution in [-0.4, -0.2) is 38.7 Å². The van der Waals surface area contributed by atoms with E-state index >= 15 is 0 Å². The number of aryl methyl sites for hydroxylation is 1. The lowest BCUT2D eigenvalue weighted by Crippen LogP contribution is -2.31. The number of hydrogen-bond donors (Lipinski definition) is 2. The number of aromatic nitrogens is 4. The summed E-state index contributed by atoms with van der Waals surface area (Å²) in [4.78, 5) is 16.3. The summed E-state index contributed by atoms with van der Waals surface area (Å²) in [5.74, 6) is 0.649. The highest BCUT2D eigenvalue weighted by Gasteiger charge is 2.06. The molecule has 0 fully saturated rings. The van der Waals surface area contributed by atoms with Crippen molar-refractivity contribution in [2.75, 3.05) is 18.4 Å². The molecule has 0 aliphatic heterocycles. The van der Waals surface area contributed by atoms with Gasteiger partial charge in [-0.1, -0.05) is 12.1 Å². The molecule has 2 heterocycles. The van der Waals surface area contributed by atoms with Crippen molar-refractivity contribution in [1.82, 2.24) is 25.1 Å². The van der Waals surface area contributed by atoms with E-state index in [9.17, 15) is 4.79 Å². The van der Waals surface area contributed by atoms with Crippen molar-refractivity contribution in [1.29, 1.82) is 0 Å². The first kappa shape index (κ1) is 15.0. The zero-order valence-corrected chi connectivity index (χ0v) is 12.9. The molecule has 0 aliphatic carbocycles. The normalized spacial score (nSPS) is 10.7. The maximum atomic E-state index is 12.0. The molecule has 1 amide bonds. The van der Waals surface area contributed by atoms with Crippen molar-refractivity contribution in [2.45, 2.75) is 13.5 Å². The zero-order chi connectivity index (χ0) is 16.1. The predicted octanol–water partition coefficient (Wildman–Crippen LogP) is 1.36. The lowest BCUT2D eigenvalue weighted by molar-refractivity contribution is -0.121. The summed E-state index contributed by atoms with van der Waals surface area (Å²) in [6.07, 6.45) is 1.68. The summed E-state index contributed by atoms with van der Waals surface area (Å²) >= 11 is 0. The second kappa shape index (κ2) is 6.87. The van der Waals surface area contributed by atoms with Gasteiger partial charge in [0.1, 0.15) is 12.4 Å². The van der Waals surface area contributed by atoms with Crippen molar-refractivity contribution in [3.05, 3.63) is 48.4 Å². The molecule has 0 spiro atoms. The van der Waals surface area contributed by atoms with Gasteiger partial charge in [-0.15, -0.1) is 5.10 Å². The molecule has 2 N–H and O–H groups in total. The minimum atomic E-state index is -0.0510. The van der Waals surface area contributed by atoms with Gasteiger partial charge in [0.15, 0.2) is 0 Å². The Labute approximate surface area is 133 Å². The van der Waals surface area contributed by atoms with Crippen molar-refractivity contribution in [3.63, 3.8) is 0 Å². The third kappa shape index (κ3) is 3.82. The van der Waals surface area contributed by atoms with Crippen LogP contribution in [0, 0.1) is 6.92 Å². The zero-order valence-electron chi connectivity index (χ0n) is 12.9. The number of benzene rings is 1. The molecule has 7 heteroatoms. The lowest BCUT2D eigenvalue weighted by atomic mass is 10.3. The Morgan fingerprint density at radius 2 is 2.00 bits per heavy atom. The third-order valence-electron chi connectivity index (χ3n) is 3.39. The SMILES string of the molecule is Cc1ccc(NCCNC(=O)Cn2cnc3ccccc32)nn1. The highest BCUT2D eigenvalue weighted by atomic mass is 16.1. The van der Waals surface area contributed by atoms with Gasteiger partial charge in [-0.2, -0.15) is 5.10 Å². The molecule has 2 aromatic heterocycles. The minimum Gasteiger partial charge on any atom is -0.367 e. The van der Waals surface area contributed by atoms with Crippen LogP contribution >= 0.6 is 0 Å². The highest BCUT2D eigenvalue weighted by Crippen LogP contribution is 2.11. The monoisotopic (exact) mass is 310 g/mol. The van der Waals surface area contributed by atoms with Crippen LogP contribution in [0.5, 0.6) is 0 Å². The molecule has 0 atom stereocenters. The molecule has 0 radical (unpaired) electrons. The number of nitrogens with one attached hydrogen (secondary N) is 2. The lowest BCUT2D eigenvalue weighted by Gasteiger charge is -2.08. The first-order chi connectivity index (χ1) is 11.2. The molecule has 23 heavy (non-hydrogen) atoms. The Balaban J connectivity index is 1.45. The van der Waals surface area contributed by atoms with Gasteiger partial charge >= 0.3 is 0 Å². The topological polar surface area (TPSA) is 84.7 Å². The summed E-state index contributed by atoms with van der Waals surface area (Å²) in [5.41, 5.74) is 2.71. The minimum absolute atomic E-state index is 0.0510. The Bertz CT molecular complexity index is 796. The van der Waals surface area contributed by atoms with Crippen molar-refractivity contribution >= 4 is 22.8 Å². The van der Waals surface area contributed by atoms with Gasteiger partial charge in [-0.25, -0.2) is 4.98 Å². The van der Waals surface area contributed by atoms with Crippen molar-refractivity contribution in [3.8, 4) is 0 Å². The van der Waals surface area contributed by atoms with Gasteiger partial charge in [-0.05, 0) is 31.2 Å². The van der Waals surface area contributed by atoms with Crippen LogP contribution in [-0.2, 0) is 11.3 Å². The number of fused-ring (bicyclic) bond motifs is 1. The maximum Gasteiger partial charge on any atom is 0.240 e. The molecule has 3 rings (SSSR count). The van der Waals surface area contributed by atoms with Crippen LogP contribution in [0.15, 0.2) is 42.7 Å². The molecular formula is C16H18N6O. The summed E-state index contributed by atoms with van der Waals surface area (Å²) in [6.45, 7) is 3.25. The van der Waals surface area contributed by atoms with Crippen molar-refractivity contribution < 1.29 is 4.79 Å². The quantitative estimate of drug-likeness (QED) is 0.672. The number of carbonyl (C=O) groups excluding carboxylic acids is 1. The summed E-state index contributed by atoms with van der Waals surface area (Å²) in [7, 11) is 0. The fourth-order valence-electron chi connectivity index (χ4n) is 2.23. The fourth-order valence-corrected chi connectivity index (χ4v) is 2.23. The van der Waals surface area contributed by atoms with Gasteiger partial charge in [0.05, 0.1) is 23.1 Å². The Morgan fingerprint density at radius 3 is 2.83 bits per heavy atom. The molecule has 0 unspecified atom stereocenters. The largest absolute Gasteiger partial charge is 0.367 e. The van der Waals surface area contributed by atoms with E-state index in [0.717, 1.165) is 16.7 Å². The van der Waals surface area contributed by atoms with E-state index in [-0.39, 0.29) is 12.5 Å². The van der Waals surface area contributed by atoms with E-state index in [1.54, 1.807) is 6.33 Å². The van der Waals surface area contributed by atoms with Crippen LogP contribution in [0.25, 0.3) is 11.0 Å². The fraction of sp³-hybridized carbons (Fsp3) is 0.250. The van der Waals surface area contributed by atoms with Gasteiger partial charge < -0.3 is 15.2 Å². The molecule has 3 aromatic rings. The molecule has 0 saturated carbocycles. The number of amides is 1. The Kier molecular flexibility index (Phi) is 4.46. The standard InChI is InChI=1S/C16H18N6O/c1-12-6-7-15(21-20-12)17-8-9-18-16(23)10-22-11-19-13-4-2-3-5-14(13)22/h2-7,11H,8-10H2,1H3,(H,17,21)(H,18,23). The van der Waals surface area contributed by atoms with E-state index in [1.165, 1.54) is 0 Å². The molecule has 118 valence electrons. The van der Waals surface area contributed by atoms with Crippen LogP contribution in [0.4, 0.5) is 5.82 Å². The first-order valence-electron chi connectivity index (χ1n) is 7.43. The van der Waals surface area contributed by atoms with E-state index in [4.69, 9.17) is 0 Å². The number of imidazole rings is 1. The number of para-hydroxylation sites is 2. The van der Waals surface area contributed by atoms with Gasteiger partial charge in [0, 0.05) is 13.1 Å². The predicted molar refractivity (Wildman–Crippen MR) is 88.0 cm³/mol. The maximum absolute atomic E-state index is 12.0. The summed E-state index contributed by atoms with van der Waals surface area (Å²) in [5, 5.41) is 13.9. The average Bonchev–Trinajstić information content (AvgIpc) is 2.96. The molecule has 0 saturated heterocycles. The van der Waals surface area contributed by atoms with Crippen LogP contribution in [0.2, 0.25) is 0 Å². The molecule has 0 aliphatic rings. The number of hydrogen-bond acceptors (Lipinski definition) is 5. The second-order valence-corrected chi connectivity index (χ2v) is 5.20. The van der Waals surface area contributed by atoms with Gasteiger partial charge in [-0.3, -0.25) is 4.79 Å². The molecule has 0 bridgehead atoms. The van der Waals surface area contributed by atoms with E-state index < -0.39 is 0 Å². The summed E-state index contributed by atoms with van der Waals surface area (Å²) < 4.78 is 1.84. The van der Waals surface area contributed by atoms with Gasteiger partial charge in [0.25, 0.3) is 0 Å².